The standard InChI is InChI=1S/C14H13FN2O4S/c1-14(18,13-3-2-6-21-13)9-17-22(19,20)11-4-5-12(15)10(7-11)8-16/h2-7,17-18H,9H2,1H3. The lowest BCUT2D eigenvalue weighted by molar-refractivity contribution is 0.0395. The summed E-state index contributed by atoms with van der Waals surface area (Å²) in [5.74, 6) is -0.601. The van der Waals surface area contributed by atoms with Gasteiger partial charge in [-0.3, -0.25) is 0 Å². The molecule has 0 aliphatic rings. The Hall–Kier alpha value is -2.21. The van der Waals surface area contributed by atoms with E-state index in [4.69, 9.17) is 9.68 Å². The first kappa shape index (κ1) is 16.2. The Kier molecular flexibility index (Phi) is 4.32. The van der Waals surface area contributed by atoms with Crippen molar-refractivity contribution in [3.63, 3.8) is 0 Å². The molecule has 1 heterocycles. The largest absolute Gasteiger partial charge is 0.466 e. The number of nitrogens with one attached hydrogen (secondary N) is 1. The minimum atomic E-state index is -4.00. The highest BCUT2D eigenvalue weighted by molar-refractivity contribution is 7.89. The Bertz CT molecular complexity index is 808. The van der Waals surface area contributed by atoms with Gasteiger partial charge in [-0.25, -0.2) is 17.5 Å². The third-order valence-electron chi connectivity index (χ3n) is 3.03. The minimum Gasteiger partial charge on any atom is -0.466 e. The molecule has 0 fully saturated rings. The van der Waals surface area contributed by atoms with Crippen LogP contribution < -0.4 is 4.72 Å². The van der Waals surface area contributed by atoms with Gasteiger partial charge in [0, 0.05) is 6.54 Å². The van der Waals surface area contributed by atoms with E-state index in [1.54, 1.807) is 12.1 Å². The van der Waals surface area contributed by atoms with Crippen molar-refractivity contribution in [2.45, 2.75) is 17.4 Å². The van der Waals surface area contributed by atoms with Crippen LogP contribution >= 0.6 is 0 Å². The number of aliphatic hydroxyl groups is 1. The number of halogens is 1. The van der Waals surface area contributed by atoms with Crippen LogP contribution in [0.3, 0.4) is 0 Å². The van der Waals surface area contributed by atoms with Gasteiger partial charge in [0.25, 0.3) is 0 Å². The summed E-state index contributed by atoms with van der Waals surface area (Å²) in [4.78, 5) is -0.263. The molecule has 1 aromatic heterocycles. The van der Waals surface area contributed by atoms with Gasteiger partial charge >= 0.3 is 0 Å². The van der Waals surface area contributed by atoms with Crippen LogP contribution in [0.15, 0.2) is 45.9 Å². The molecular formula is C14H13FN2O4S. The van der Waals surface area contributed by atoms with E-state index in [0.29, 0.717) is 0 Å². The van der Waals surface area contributed by atoms with Gasteiger partial charge in [0.15, 0.2) is 0 Å². The molecule has 0 spiro atoms. The van der Waals surface area contributed by atoms with Crippen molar-refractivity contribution in [2.75, 3.05) is 6.54 Å². The monoisotopic (exact) mass is 324 g/mol. The fourth-order valence-electron chi connectivity index (χ4n) is 1.75. The summed E-state index contributed by atoms with van der Waals surface area (Å²) in [5, 5.41) is 18.9. The molecule has 0 saturated heterocycles. The molecular weight excluding hydrogens is 311 g/mol. The number of rotatable bonds is 5. The summed E-state index contributed by atoms with van der Waals surface area (Å²) in [6.45, 7) is 1.04. The number of nitriles is 1. The molecule has 2 aromatic rings. The average Bonchev–Trinajstić information content (AvgIpc) is 3.01. The molecule has 1 unspecified atom stereocenters. The van der Waals surface area contributed by atoms with E-state index in [-0.39, 0.29) is 22.8 Å². The fraction of sp³-hybridized carbons (Fsp3) is 0.214. The number of nitrogens with zero attached hydrogens (tertiary/aromatic N) is 1. The normalized spacial score (nSPS) is 14.3. The molecule has 2 N–H and O–H groups in total. The lowest BCUT2D eigenvalue weighted by Crippen LogP contribution is -2.38. The van der Waals surface area contributed by atoms with Crippen molar-refractivity contribution < 1.29 is 22.3 Å². The predicted molar refractivity (Wildman–Crippen MR) is 74.6 cm³/mol. The number of hydrogen-bond donors (Lipinski definition) is 2. The molecule has 0 radical (unpaired) electrons. The molecule has 1 atom stereocenters. The van der Waals surface area contributed by atoms with Crippen LogP contribution in [0.2, 0.25) is 0 Å². The Morgan fingerprint density at radius 1 is 1.45 bits per heavy atom. The van der Waals surface area contributed by atoms with E-state index in [1.807, 2.05) is 0 Å². The fourth-order valence-corrected chi connectivity index (χ4v) is 2.91. The van der Waals surface area contributed by atoms with Crippen LogP contribution in [-0.4, -0.2) is 20.1 Å². The zero-order chi connectivity index (χ0) is 16.4. The van der Waals surface area contributed by atoms with Crippen molar-refractivity contribution in [1.29, 1.82) is 5.26 Å². The number of hydrogen-bond acceptors (Lipinski definition) is 5. The zero-order valence-corrected chi connectivity index (χ0v) is 12.4. The van der Waals surface area contributed by atoms with E-state index in [9.17, 15) is 17.9 Å². The Morgan fingerprint density at radius 3 is 2.77 bits per heavy atom. The molecule has 8 heteroatoms. The van der Waals surface area contributed by atoms with Crippen LogP contribution in [0.1, 0.15) is 18.2 Å². The van der Waals surface area contributed by atoms with E-state index >= 15 is 0 Å². The van der Waals surface area contributed by atoms with Gasteiger partial charge in [0.2, 0.25) is 10.0 Å². The molecule has 22 heavy (non-hydrogen) atoms. The molecule has 0 amide bonds. The summed E-state index contributed by atoms with van der Waals surface area (Å²) in [7, 11) is -4.00. The SMILES string of the molecule is CC(O)(CNS(=O)(=O)c1ccc(F)c(C#N)c1)c1ccco1. The van der Waals surface area contributed by atoms with E-state index in [1.165, 1.54) is 19.3 Å². The average molecular weight is 324 g/mol. The van der Waals surface area contributed by atoms with Crippen molar-refractivity contribution in [3.05, 3.63) is 53.7 Å². The maximum atomic E-state index is 13.2. The second kappa shape index (κ2) is 5.88. The van der Waals surface area contributed by atoms with Crippen LogP contribution in [0.25, 0.3) is 0 Å². The quantitative estimate of drug-likeness (QED) is 0.867. The summed E-state index contributed by atoms with van der Waals surface area (Å²) in [5.41, 5.74) is -1.92. The number of sulfonamides is 1. The number of benzene rings is 1. The van der Waals surface area contributed by atoms with Gasteiger partial charge in [-0.15, -0.1) is 0 Å². The first-order chi connectivity index (χ1) is 10.3. The van der Waals surface area contributed by atoms with Crippen LogP contribution in [0.5, 0.6) is 0 Å². The van der Waals surface area contributed by atoms with Gasteiger partial charge in [-0.2, -0.15) is 5.26 Å². The molecule has 6 nitrogen and oxygen atoms in total. The summed E-state index contributed by atoms with van der Waals surface area (Å²) < 4.78 is 44.8. The van der Waals surface area contributed by atoms with Crippen LogP contribution in [0.4, 0.5) is 4.39 Å². The maximum absolute atomic E-state index is 13.2. The minimum absolute atomic E-state index is 0.201. The lowest BCUT2D eigenvalue weighted by Gasteiger charge is -2.21. The summed E-state index contributed by atoms with van der Waals surface area (Å²) in [6.07, 6.45) is 1.36. The highest BCUT2D eigenvalue weighted by atomic mass is 32.2. The molecule has 116 valence electrons. The highest BCUT2D eigenvalue weighted by Gasteiger charge is 2.29. The second-order valence-corrected chi connectivity index (χ2v) is 6.60. The van der Waals surface area contributed by atoms with Gasteiger partial charge < -0.3 is 9.52 Å². The smallest absolute Gasteiger partial charge is 0.240 e. The molecule has 0 saturated carbocycles. The first-order valence-corrected chi connectivity index (χ1v) is 7.70. The van der Waals surface area contributed by atoms with E-state index < -0.39 is 21.4 Å². The zero-order valence-electron chi connectivity index (χ0n) is 11.6. The summed E-state index contributed by atoms with van der Waals surface area (Å²) in [6, 6.07) is 7.52. The third-order valence-corrected chi connectivity index (χ3v) is 4.43. The highest BCUT2D eigenvalue weighted by Crippen LogP contribution is 2.21. The first-order valence-electron chi connectivity index (χ1n) is 6.22. The third kappa shape index (κ3) is 3.33. The second-order valence-electron chi connectivity index (χ2n) is 4.83. The van der Waals surface area contributed by atoms with Crippen molar-refractivity contribution in [2.24, 2.45) is 0 Å². The Labute approximate surface area is 126 Å². The molecule has 0 bridgehead atoms. The maximum Gasteiger partial charge on any atom is 0.240 e. The van der Waals surface area contributed by atoms with E-state index in [2.05, 4.69) is 4.72 Å². The van der Waals surface area contributed by atoms with Gasteiger partial charge in [0.05, 0.1) is 16.7 Å². The van der Waals surface area contributed by atoms with Crippen molar-refractivity contribution >= 4 is 10.0 Å². The molecule has 0 aliphatic heterocycles. The van der Waals surface area contributed by atoms with Crippen molar-refractivity contribution in [3.8, 4) is 6.07 Å². The molecule has 1 aromatic carbocycles. The van der Waals surface area contributed by atoms with Crippen LogP contribution in [-0.2, 0) is 15.6 Å². The topological polar surface area (TPSA) is 103 Å². The Balaban J connectivity index is 2.20. The summed E-state index contributed by atoms with van der Waals surface area (Å²) >= 11 is 0. The van der Waals surface area contributed by atoms with Gasteiger partial charge in [-0.05, 0) is 37.3 Å². The number of furan rings is 1. The Morgan fingerprint density at radius 2 is 2.18 bits per heavy atom. The molecule has 2 rings (SSSR count). The van der Waals surface area contributed by atoms with Crippen LogP contribution in [0, 0.1) is 17.1 Å². The predicted octanol–water partition coefficient (Wildman–Crippen LogP) is 1.48. The van der Waals surface area contributed by atoms with Crippen molar-refractivity contribution in [1.82, 2.24) is 4.72 Å². The van der Waals surface area contributed by atoms with Gasteiger partial charge in [0.1, 0.15) is 23.2 Å². The van der Waals surface area contributed by atoms with E-state index in [0.717, 1.165) is 18.2 Å². The van der Waals surface area contributed by atoms with Gasteiger partial charge in [-0.1, -0.05) is 0 Å². The lowest BCUT2D eigenvalue weighted by atomic mass is 10.1. The molecule has 0 aliphatic carbocycles.